The molecule has 24 heavy (non-hydrogen) atoms. The molecule has 0 bridgehead atoms. The van der Waals surface area contributed by atoms with Crippen molar-refractivity contribution in [2.45, 2.75) is 17.1 Å². The Labute approximate surface area is 146 Å². The van der Waals surface area contributed by atoms with Crippen molar-refractivity contribution in [1.82, 2.24) is 14.8 Å². The number of nitrogens with zero attached hydrogens (tertiary/aromatic N) is 3. The smallest absolute Gasteiger partial charge is 0.233 e. The second kappa shape index (κ2) is 7.38. The molecule has 0 aromatic carbocycles. The normalized spacial score (nSPS) is 26.3. The fourth-order valence-electron chi connectivity index (χ4n) is 3.39. The average Bonchev–Trinajstić information content (AvgIpc) is 2.89. The Morgan fingerprint density at radius 3 is 2.79 bits per heavy atom. The van der Waals surface area contributed by atoms with Gasteiger partial charge in [0, 0.05) is 31.9 Å². The van der Waals surface area contributed by atoms with Crippen LogP contribution in [0.4, 0.5) is 0 Å². The van der Waals surface area contributed by atoms with Gasteiger partial charge in [-0.15, -0.1) is 0 Å². The molecular formula is C15H21N3O4S2. The van der Waals surface area contributed by atoms with E-state index in [1.807, 2.05) is 23.1 Å². The van der Waals surface area contributed by atoms with Crippen molar-refractivity contribution in [3.8, 4) is 0 Å². The van der Waals surface area contributed by atoms with Crippen molar-refractivity contribution in [2.75, 3.05) is 43.5 Å². The summed E-state index contributed by atoms with van der Waals surface area (Å²) >= 11 is 1.36. The number of aliphatic hydroxyl groups is 1. The minimum absolute atomic E-state index is 0.00720. The van der Waals surface area contributed by atoms with Gasteiger partial charge < -0.3 is 10.0 Å². The molecule has 0 aliphatic carbocycles. The Bertz CT molecular complexity index is 683. The van der Waals surface area contributed by atoms with Crippen LogP contribution >= 0.6 is 11.8 Å². The summed E-state index contributed by atoms with van der Waals surface area (Å²) in [7, 11) is -3.15. The summed E-state index contributed by atoms with van der Waals surface area (Å²) in [5.74, 6) is 0.274. The summed E-state index contributed by atoms with van der Waals surface area (Å²) in [6.45, 7) is 1.53. The standard InChI is InChI=1S/C15H21N3O4S2/c19-8-7-17-5-6-18(13-11-24(21,22)10-12(13)17)15(20)9-23-14-3-1-2-4-16-14/h1-4,12-13,19H,5-11H2. The zero-order valence-corrected chi connectivity index (χ0v) is 14.9. The van der Waals surface area contributed by atoms with E-state index in [0.717, 1.165) is 5.03 Å². The first-order chi connectivity index (χ1) is 11.5. The highest BCUT2D eigenvalue weighted by Crippen LogP contribution is 2.27. The number of fused-ring (bicyclic) bond motifs is 1. The maximum Gasteiger partial charge on any atom is 0.233 e. The molecule has 7 nitrogen and oxygen atoms in total. The zero-order valence-electron chi connectivity index (χ0n) is 13.2. The van der Waals surface area contributed by atoms with E-state index in [0.29, 0.717) is 19.6 Å². The van der Waals surface area contributed by atoms with Crippen molar-refractivity contribution >= 4 is 27.5 Å². The molecule has 1 amide bonds. The summed E-state index contributed by atoms with van der Waals surface area (Å²) in [5.41, 5.74) is 0. The Morgan fingerprint density at radius 2 is 2.08 bits per heavy atom. The van der Waals surface area contributed by atoms with E-state index in [-0.39, 0.29) is 41.9 Å². The summed E-state index contributed by atoms with van der Waals surface area (Å²) in [4.78, 5) is 20.5. The number of carbonyl (C=O) groups excluding carboxylic acids is 1. The molecule has 1 aromatic heterocycles. The number of pyridine rings is 1. The molecule has 2 aliphatic heterocycles. The summed E-state index contributed by atoms with van der Waals surface area (Å²) in [6, 6.07) is 5.01. The van der Waals surface area contributed by atoms with Crippen LogP contribution in [0.5, 0.6) is 0 Å². The molecule has 0 saturated carbocycles. The molecule has 0 radical (unpaired) electrons. The first-order valence-electron chi connectivity index (χ1n) is 7.89. The number of thioether (sulfide) groups is 1. The quantitative estimate of drug-likeness (QED) is 0.696. The van der Waals surface area contributed by atoms with Crippen molar-refractivity contribution in [2.24, 2.45) is 0 Å². The van der Waals surface area contributed by atoms with E-state index < -0.39 is 9.84 Å². The lowest BCUT2D eigenvalue weighted by Crippen LogP contribution is -2.61. The molecule has 1 aromatic rings. The lowest BCUT2D eigenvalue weighted by Gasteiger charge is -2.43. The number of hydrogen-bond acceptors (Lipinski definition) is 7. The van der Waals surface area contributed by atoms with E-state index in [4.69, 9.17) is 0 Å². The number of rotatable bonds is 5. The minimum atomic E-state index is -3.15. The van der Waals surface area contributed by atoms with Crippen LogP contribution in [0.25, 0.3) is 0 Å². The molecule has 2 unspecified atom stereocenters. The van der Waals surface area contributed by atoms with Crippen LogP contribution in [-0.4, -0.2) is 89.8 Å². The Balaban J connectivity index is 1.68. The van der Waals surface area contributed by atoms with Crippen molar-refractivity contribution in [3.63, 3.8) is 0 Å². The van der Waals surface area contributed by atoms with E-state index in [1.54, 1.807) is 11.1 Å². The highest BCUT2D eigenvalue weighted by atomic mass is 32.2. The number of hydrogen-bond donors (Lipinski definition) is 1. The SMILES string of the molecule is O=C(CSc1ccccn1)N1CCN(CCO)C2CS(=O)(=O)CC21. The molecule has 3 heterocycles. The summed E-state index contributed by atoms with van der Waals surface area (Å²) in [5, 5.41) is 9.95. The zero-order chi connectivity index (χ0) is 17.2. The fourth-order valence-corrected chi connectivity index (χ4v) is 6.15. The van der Waals surface area contributed by atoms with Gasteiger partial charge in [-0.3, -0.25) is 9.69 Å². The molecule has 2 fully saturated rings. The molecule has 1 N–H and O–H groups in total. The summed E-state index contributed by atoms with van der Waals surface area (Å²) < 4.78 is 24.1. The van der Waals surface area contributed by atoms with Crippen molar-refractivity contribution in [1.29, 1.82) is 0 Å². The first-order valence-corrected chi connectivity index (χ1v) is 10.7. The number of aromatic nitrogens is 1. The minimum Gasteiger partial charge on any atom is -0.395 e. The van der Waals surface area contributed by atoms with Crippen LogP contribution in [0.2, 0.25) is 0 Å². The highest BCUT2D eigenvalue weighted by molar-refractivity contribution is 7.99. The Hall–Kier alpha value is -1.16. The van der Waals surface area contributed by atoms with Gasteiger partial charge in [-0.05, 0) is 12.1 Å². The Morgan fingerprint density at radius 1 is 1.29 bits per heavy atom. The average molecular weight is 371 g/mol. The van der Waals surface area contributed by atoms with Crippen LogP contribution in [0.15, 0.2) is 29.4 Å². The predicted molar refractivity (Wildman–Crippen MR) is 91.6 cm³/mol. The van der Waals surface area contributed by atoms with Gasteiger partial charge >= 0.3 is 0 Å². The second-order valence-corrected chi connectivity index (χ2v) is 9.16. The number of amides is 1. The number of aliphatic hydroxyl groups excluding tert-OH is 1. The molecule has 2 saturated heterocycles. The van der Waals surface area contributed by atoms with E-state index in [2.05, 4.69) is 4.98 Å². The van der Waals surface area contributed by atoms with Gasteiger partial charge in [-0.2, -0.15) is 0 Å². The van der Waals surface area contributed by atoms with Crippen LogP contribution in [0.1, 0.15) is 0 Å². The van der Waals surface area contributed by atoms with Gasteiger partial charge in [-0.1, -0.05) is 17.8 Å². The molecule has 9 heteroatoms. The molecule has 2 atom stereocenters. The van der Waals surface area contributed by atoms with E-state index >= 15 is 0 Å². The van der Waals surface area contributed by atoms with E-state index in [9.17, 15) is 18.3 Å². The van der Waals surface area contributed by atoms with Gasteiger partial charge in [0.1, 0.15) is 0 Å². The third kappa shape index (κ3) is 3.90. The molecule has 132 valence electrons. The number of piperazine rings is 1. The Kier molecular flexibility index (Phi) is 5.43. The maximum absolute atomic E-state index is 12.6. The van der Waals surface area contributed by atoms with Crippen LogP contribution < -0.4 is 0 Å². The lowest BCUT2D eigenvalue weighted by atomic mass is 10.0. The van der Waals surface area contributed by atoms with Gasteiger partial charge in [0.05, 0.1) is 34.9 Å². The fraction of sp³-hybridized carbons (Fsp3) is 0.600. The van der Waals surface area contributed by atoms with Crippen LogP contribution in [0, 0.1) is 0 Å². The van der Waals surface area contributed by atoms with Gasteiger partial charge in [0.15, 0.2) is 9.84 Å². The van der Waals surface area contributed by atoms with Crippen LogP contribution in [-0.2, 0) is 14.6 Å². The molecule has 3 rings (SSSR count). The van der Waals surface area contributed by atoms with Gasteiger partial charge in [0.2, 0.25) is 5.91 Å². The van der Waals surface area contributed by atoms with Gasteiger partial charge in [-0.25, -0.2) is 13.4 Å². The predicted octanol–water partition coefficient (Wildman–Crippen LogP) is -0.524. The third-order valence-electron chi connectivity index (χ3n) is 4.48. The molecule has 0 spiro atoms. The molecule has 2 aliphatic rings. The monoisotopic (exact) mass is 371 g/mol. The van der Waals surface area contributed by atoms with Gasteiger partial charge in [0.25, 0.3) is 0 Å². The topological polar surface area (TPSA) is 90.8 Å². The lowest BCUT2D eigenvalue weighted by molar-refractivity contribution is -0.134. The van der Waals surface area contributed by atoms with Crippen LogP contribution in [0.3, 0.4) is 0 Å². The van der Waals surface area contributed by atoms with E-state index in [1.165, 1.54) is 11.8 Å². The number of carbonyl (C=O) groups is 1. The second-order valence-electron chi connectivity index (χ2n) is 6.01. The van der Waals surface area contributed by atoms with Crippen molar-refractivity contribution in [3.05, 3.63) is 24.4 Å². The highest BCUT2D eigenvalue weighted by Gasteiger charge is 2.47. The summed E-state index contributed by atoms with van der Waals surface area (Å²) in [6.07, 6.45) is 1.68. The number of β-amino-alcohol motifs (C(OH)–C–C–N with tert-alkyl or cyclic N) is 1. The first kappa shape index (κ1) is 17.7. The number of sulfone groups is 1. The van der Waals surface area contributed by atoms with Crippen molar-refractivity contribution < 1.29 is 18.3 Å². The molecular weight excluding hydrogens is 350 g/mol. The third-order valence-corrected chi connectivity index (χ3v) is 7.11. The largest absolute Gasteiger partial charge is 0.395 e. The maximum atomic E-state index is 12.6.